The highest BCUT2D eigenvalue weighted by Crippen LogP contribution is 2.28. The molecule has 1 aliphatic rings. The number of nitrogens with zero attached hydrogens (tertiary/aromatic N) is 2. The lowest BCUT2D eigenvalue weighted by molar-refractivity contribution is 0.613. The predicted molar refractivity (Wildman–Crippen MR) is 72.4 cm³/mol. The van der Waals surface area contributed by atoms with Crippen LogP contribution in [0.2, 0.25) is 5.02 Å². The molecule has 3 nitrogen and oxygen atoms in total. The van der Waals surface area contributed by atoms with Gasteiger partial charge in [0.05, 0.1) is 5.02 Å². The summed E-state index contributed by atoms with van der Waals surface area (Å²) in [4.78, 5) is 6.82. The molecule has 1 aromatic heterocycles. The molecule has 0 amide bonds. The van der Waals surface area contributed by atoms with Gasteiger partial charge < -0.3 is 10.6 Å². The molecule has 0 aromatic carbocycles. The van der Waals surface area contributed by atoms with Gasteiger partial charge in [-0.15, -0.1) is 0 Å². The van der Waals surface area contributed by atoms with Crippen molar-refractivity contribution < 1.29 is 0 Å². The Morgan fingerprint density at radius 3 is 2.76 bits per heavy atom. The third-order valence-electron chi connectivity index (χ3n) is 3.54. The van der Waals surface area contributed by atoms with Gasteiger partial charge >= 0.3 is 0 Å². The van der Waals surface area contributed by atoms with E-state index in [1.165, 1.54) is 25.7 Å². The standard InChI is InChI=1S/C13H20ClN3/c1-2-17(11-5-3-4-6-11)13-7-10(8-15)12(14)9-16-13/h7,9,11H,2-6,8,15H2,1H3. The van der Waals surface area contributed by atoms with Crippen LogP contribution in [0.1, 0.15) is 38.2 Å². The molecule has 1 heterocycles. The number of nitrogens with two attached hydrogens (primary N) is 1. The van der Waals surface area contributed by atoms with Crippen molar-refractivity contribution in [3.05, 3.63) is 22.8 Å². The molecule has 1 aromatic rings. The number of pyridine rings is 1. The molecule has 0 radical (unpaired) electrons. The molecule has 2 N–H and O–H groups in total. The fourth-order valence-corrected chi connectivity index (χ4v) is 2.78. The van der Waals surface area contributed by atoms with Crippen molar-refractivity contribution in [2.24, 2.45) is 5.73 Å². The van der Waals surface area contributed by atoms with Gasteiger partial charge in [-0.1, -0.05) is 24.4 Å². The number of halogens is 1. The molecule has 2 rings (SSSR count). The van der Waals surface area contributed by atoms with E-state index in [2.05, 4.69) is 16.8 Å². The van der Waals surface area contributed by atoms with Gasteiger partial charge in [0.25, 0.3) is 0 Å². The van der Waals surface area contributed by atoms with E-state index < -0.39 is 0 Å². The van der Waals surface area contributed by atoms with Crippen LogP contribution < -0.4 is 10.6 Å². The predicted octanol–water partition coefficient (Wildman–Crippen LogP) is 2.96. The van der Waals surface area contributed by atoms with Gasteiger partial charge in [-0.2, -0.15) is 0 Å². The summed E-state index contributed by atoms with van der Waals surface area (Å²) in [5.74, 6) is 1.02. The Labute approximate surface area is 108 Å². The summed E-state index contributed by atoms with van der Waals surface area (Å²) >= 11 is 6.04. The summed E-state index contributed by atoms with van der Waals surface area (Å²) in [5, 5.41) is 0.665. The monoisotopic (exact) mass is 253 g/mol. The minimum Gasteiger partial charge on any atom is -0.354 e. The van der Waals surface area contributed by atoms with Crippen LogP contribution in [0.5, 0.6) is 0 Å². The Bertz CT molecular complexity index is 375. The second kappa shape index (κ2) is 5.69. The van der Waals surface area contributed by atoms with Crippen LogP contribution in [0.3, 0.4) is 0 Å². The lowest BCUT2D eigenvalue weighted by Crippen LogP contribution is -2.33. The molecule has 0 atom stereocenters. The third kappa shape index (κ3) is 2.72. The van der Waals surface area contributed by atoms with Crippen LogP contribution in [0.15, 0.2) is 12.3 Å². The van der Waals surface area contributed by atoms with Crippen molar-refractivity contribution in [3.63, 3.8) is 0 Å². The van der Waals surface area contributed by atoms with E-state index in [1.807, 2.05) is 6.07 Å². The summed E-state index contributed by atoms with van der Waals surface area (Å²) < 4.78 is 0. The van der Waals surface area contributed by atoms with Crippen molar-refractivity contribution in [2.45, 2.75) is 45.2 Å². The minimum absolute atomic E-state index is 0.469. The number of rotatable bonds is 4. The number of aromatic nitrogens is 1. The van der Waals surface area contributed by atoms with Gasteiger partial charge in [0.15, 0.2) is 0 Å². The summed E-state index contributed by atoms with van der Waals surface area (Å²) in [6.45, 7) is 3.64. The quantitative estimate of drug-likeness (QED) is 0.897. The summed E-state index contributed by atoms with van der Waals surface area (Å²) in [7, 11) is 0. The van der Waals surface area contributed by atoms with Crippen LogP contribution in [0, 0.1) is 0 Å². The molecule has 0 spiro atoms. The van der Waals surface area contributed by atoms with E-state index in [-0.39, 0.29) is 0 Å². The molecule has 94 valence electrons. The van der Waals surface area contributed by atoms with Crippen molar-refractivity contribution in [2.75, 3.05) is 11.4 Å². The van der Waals surface area contributed by atoms with E-state index in [0.29, 0.717) is 17.6 Å². The van der Waals surface area contributed by atoms with Crippen molar-refractivity contribution in [1.82, 2.24) is 4.98 Å². The van der Waals surface area contributed by atoms with E-state index >= 15 is 0 Å². The lowest BCUT2D eigenvalue weighted by atomic mass is 10.2. The first-order valence-corrected chi connectivity index (χ1v) is 6.75. The zero-order chi connectivity index (χ0) is 12.3. The summed E-state index contributed by atoms with van der Waals surface area (Å²) in [5.41, 5.74) is 6.66. The van der Waals surface area contributed by atoms with Crippen molar-refractivity contribution >= 4 is 17.4 Å². The van der Waals surface area contributed by atoms with Crippen molar-refractivity contribution in [3.8, 4) is 0 Å². The maximum absolute atomic E-state index is 6.04. The summed E-state index contributed by atoms with van der Waals surface area (Å²) in [6.07, 6.45) is 6.93. The van der Waals surface area contributed by atoms with Gasteiger partial charge in [0, 0.05) is 25.3 Å². The van der Waals surface area contributed by atoms with E-state index in [1.54, 1.807) is 6.20 Å². The minimum atomic E-state index is 0.469. The average Bonchev–Trinajstić information content (AvgIpc) is 2.86. The van der Waals surface area contributed by atoms with Crippen LogP contribution in [0.25, 0.3) is 0 Å². The Kier molecular flexibility index (Phi) is 4.24. The highest BCUT2D eigenvalue weighted by atomic mass is 35.5. The smallest absolute Gasteiger partial charge is 0.129 e. The molecule has 1 aliphatic carbocycles. The third-order valence-corrected chi connectivity index (χ3v) is 3.88. The average molecular weight is 254 g/mol. The Balaban J connectivity index is 2.23. The van der Waals surface area contributed by atoms with E-state index in [4.69, 9.17) is 17.3 Å². The Morgan fingerprint density at radius 1 is 1.47 bits per heavy atom. The highest BCUT2D eigenvalue weighted by Gasteiger charge is 2.22. The first kappa shape index (κ1) is 12.7. The summed E-state index contributed by atoms with van der Waals surface area (Å²) in [6, 6.07) is 2.67. The Morgan fingerprint density at radius 2 is 2.18 bits per heavy atom. The Hall–Kier alpha value is -0.800. The number of hydrogen-bond donors (Lipinski definition) is 1. The molecule has 0 unspecified atom stereocenters. The molecule has 0 saturated heterocycles. The number of anilines is 1. The normalized spacial score (nSPS) is 16.4. The molecular formula is C13H20ClN3. The van der Waals surface area contributed by atoms with Crippen molar-refractivity contribution in [1.29, 1.82) is 0 Å². The topological polar surface area (TPSA) is 42.1 Å². The fourth-order valence-electron chi connectivity index (χ4n) is 2.60. The van der Waals surface area contributed by atoms with E-state index in [9.17, 15) is 0 Å². The van der Waals surface area contributed by atoms with Gasteiger partial charge in [-0.3, -0.25) is 0 Å². The number of hydrogen-bond acceptors (Lipinski definition) is 3. The molecule has 1 fully saturated rings. The molecule has 1 saturated carbocycles. The van der Waals surface area contributed by atoms with Crippen LogP contribution in [-0.2, 0) is 6.54 Å². The van der Waals surface area contributed by atoms with Gasteiger partial charge in [0.1, 0.15) is 5.82 Å². The largest absolute Gasteiger partial charge is 0.354 e. The molecule has 0 aliphatic heterocycles. The SMILES string of the molecule is CCN(c1cc(CN)c(Cl)cn1)C1CCCC1. The van der Waals surface area contributed by atoms with Gasteiger partial charge in [0.2, 0.25) is 0 Å². The lowest BCUT2D eigenvalue weighted by Gasteiger charge is -2.29. The molecular weight excluding hydrogens is 234 g/mol. The van der Waals surface area contributed by atoms with Gasteiger partial charge in [-0.05, 0) is 31.4 Å². The first-order valence-electron chi connectivity index (χ1n) is 6.37. The highest BCUT2D eigenvalue weighted by molar-refractivity contribution is 6.31. The molecule has 17 heavy (non-hydrogen) atoms. The maximum Gasteiger partial charge on any atom is 0.129 e. The zero-order valence-electron chi connectivity index (χ0n) is 10.3. The van der Waals surface area contributed by atoms with E-state index in [0.717, 1.165) is 17.9 Å². The first-order chi connectivity index (χ1) is 8.26. The van der Waals surface area contributed by atoms with Gasteiger partial charge in [-0.25, -0.2) is 4.98 Å². The molecule has 4 heteroatoms. The maximum atomic E-state index is 6.04. The second-order valence-corrected chi connectivity index (χ2v) is 4.97. The second-order valence-electron chi connectivity index (χ2n) is 4.56. The molecule has 0 bridgehead atoms. The fraction of sp³-hybridized carbons (Fsp3) is 0.615. The van der Waals surface area contributed by atoms with Crippen LogP contribution in [0.4, 0.5) is 5.82 Å². The zero-order valence-corrected chi connectivity index (χ0v) is 11.1. The van der Waals surface area contributed by atoms with Crippen LogP contribution >= 0.6 is 11.6 Å². The van der Waals surface area contributed by atoms with Crippen LogP contribution in [-0.4, -0.2) is 17.6 Å².